The molecule has 0 bridgehead atoms. The minimum atomic E-state index is -1.17. The van der Waals surface area contributed by atoms with Crippen LogP contribution in [0.2, 0.25) is 0 Å². The van der Waals surface area contributed by atoms with E-state index in [1.54, 1.807) is 18.2 Å². The first kappa shape index (κ1) is 29.2. The SMILES string of the molecule is O=C(OCc1ccccc1)c1ccccc1CO[C@H]1O[C@@H]2COC(c3ccccc3)O[C@H]2[C@H](OCc2ccccc2)[C@@H]1O. The van der Waals surface area contributed by atoms with Gasteiger partial charge >= 0.3 is 5.97 Å². The van der Waals surface area contributed by atoms with Crippen LogP contribution >= 0.6 is 0 Å². The second kappa shape index (κ2) is 14.1. The average molecular weight is 583 g/mol. The second-order valence-corrected chi connectivity index (χ2v) is 10.5. The van der Waals surface area contributed by atoms with Crippen molar-refractivity contribution >= 4 is 5.97 Å². The van der Waals surface area contributed by atoms with Crippen molar-refractivity contribution in [3.8, 4) is 0 Å². The number of aliphatic hydroxyl groups excluding tert-OH is 1. The van der Waals surface area contributed by atoms with E-state index in [0.29, 0.717) is 11.1 Å². The molecule has 4 aromatic carbocycles. The van der Waals surface area contributed by atoms with E-state index in [1.165, 1.54) is 0 Å². The Morgan fingerprint density at radius 3 is 2.07 bits per heavy atom. The molecular formula is C35H34O8. The molecule has 8 heteroatoms. The first-order valence-corrected chi connectivity index (χ1v) is 14.4. The summed E-state index contributed by atoms with van der Waals surface area (Å²) in [4.78, 5) is 13.0. The molecular weight excluding hydrogens is 548 g/mol. The van der Waals surface area contributed by atoms with Gasteiger partial charge in [0.2, 0.25) is 0 Å². The van der Waals surface area contributed by atoms with E-state index in [0.717, 1.165) is 16.7 Å². The summed E-state index contributed by atoms with van der Waals surface area (Å²) in [5, 5.41) is 11.5. The number of carbonyl (C=O) groups is 1. The highest BCUT2D eigenvalue weighted by Crippen LogP contribution is 2.36. The third-order valence-corrected chi connectivity index (χ3v) is 7.52. The van der Waals surface area contributed by atoms with E-state index in [9.17, 15) is 9.90 Å². The van der Waals surface area contributed by atoms with Gasteiger partial charge in [0.1, 0.15) is 31.0 Å². The van der Waals surface area contributed by atoms with E-state index in [4.69, 9.17) is 28.4 Å². The highest BCUT2D eigenvalue weighted by Gasteiger charge is 2.50. The van der Waals surface area contributed by atoms with Crippen LogP contribution in [0.4, 0.5) is 0 Å². The molecule has 2 saturated heterocycles. The number of hydrogen-bond acceptors (Lipinski definition) is 8. The van der Waals surface area contributed by atoms with Gasteiger partial charge in [-0.3, -0.25) is 0 Å². The van der Waals surface area contributed by atoms with Crippen LogP contribution < -0.4 is 0 Å². The molecule has 43 heavy (non-hydrogen) atoms. The van der Waals surface area contributed by atoms with Crippen LogP contribution in [0.1, 0.15) is 38.9 Å². The van der Waals surface area contributed by atoms with Crippen LogP contribution in [0.15, 0.2) is 115 Å². The Kier molecular flexibility index (Phi) is 9.54. The third kappa shape index (κ3) is 7.19. The summed E-state index contributed by atoms with van der Waals surface area (Å²) >= 11 is 0. The molecule has 1 N–H and O–H groups in total. The molecule has 0 spiro atoms. The van der Waals surface area contributed by atoms with Crippen molar-refractivity contribution in [2.24, 2.45) is 0 Å². The summed E-state index contributed by atoms with van der Waals surface area (Å²) in [6, 6.07) is 35.9. The van der Waals surface area contributed by atoms with Crippen molar-refractivity contribution < 1.29 is 38.3 Å². The van der Waals surface area contributed by atoms with Gasteiger partial charge in [0.25, 0.3) is 0 Å². The van der Waals surface area contributed by atoms with Gasteiger partial charge in [0.15, 0.2) is 12.6 Å². The van der Waals surface area contributed by atoms with Crippen LogP contribution in [0, 0.1) is 0 Å². The largest absolute Gasteiger partial charge is 0.457 e. The normalized spacial score (nSPS) is 25.0. The zero-order chi connectivity index (χ0) is 29.4. The molecule has 0 radical (unpaired) electrons. The number of ether oxygens (including phenoxy) is 6. The summed E-state index contributed by atoms with van der Waals surface area (Å²) in [6.45, 7) is 0.668. The Hall–Kier alpha value is -3.89. The monoisotopic (exact) mass is 582 g/mol. The molecule has 2 fully saturated rings. The van der Waals surface area contributed by atoms with Crippen LogP contribution in [0.5, 0.6) is 0 Å². The maximum absolute atomic E-state index is 13.0. The van der Waals surface area contributed by atoms with Crippen molar-refractivity contribution in [1.29, 1.82) is 0 Å². The number of carbonyl (C=O) groups excluding carboxylic acids is 1. The molecule has 0 saturated carbocycles. The van der Waals surface area contributed by atoms with E-state index in [-0.39, 0.29) is 26.4 Å². The summed E-state index contributed by atoms with van der Waals surface area (Å²) in [7, 11) is 0. The summed E-state index contributed by atoms with van der Waals surface area (Å²) < 4.78 is 36.4. The number of fused-ring (bicyclic) bond motifs is 1. The standard InChI is InChI=1S/C35H34O8/c36-30-32(38-20-24-12-4-1-5-13-24)31-29(23-41-34(43-31)26-16-8-3-9-17-26)42-35(30)40-22-27-18-10-11-19-28(27)33(37)39-21-25-14-6-2-7-15-25/h1-19,29-32,34-36H,20-23H2/t29-,30+,31-,32-,34?,35+/m1/s1. The molecule has 1 unspecified atom stereocenters. The first-order chi connectivity index (χ1) is 21.2. The number of aliphatic hydroxyl groups is 1. The molecule has 4 aromatic rings. The molecule has 8 nitrogen and oxygen atoms in total. The van der Waals surface area contributed by atoms with Gasteiger partial charge in [0, 0.05) is 5.56 Å². The average Bonchev–Trinajstić information content (AvgIpc) is 3.07. The molecule has 6 atom stereocenters. The maximum atomic E-state index is 13.0. The maximum Gasteiger partial charge on any atom is 0.338 e. The Morgan fingerprint density at radius 2 is 1.35 bits per heavy atom. The number of benzene rings is 4. The first-order valence-electron chi connectivity index (χ1n) is 14.4. The smallest absolute Gasteiger partial charge is 0.338 e. The molecule has 222 valence electrons. The summed E-state index contributed by atoms with van der Waals surface area (Å²) in [5.74, 6) is -0.460. The highest BCUT2D eigenvalue weighted by molar-refractivity contribution is 5.91. The van der Waals surface area contributed by atoms with Crippen LogP contribution in [-0.4, -0.2) is 48.4 Å². The molecule has 6 rings (SSSR count). The lowest BCUT2D eigenvalue weighted by atomic mass is 9.97. The van der Waals surface area contributed by atoms with Gasteiger partial charge in [-0.15, -0.1) is 0 Å². The minimum Gasteiger partial charge on any atom is -0.457 e. The second-order valence-electron chi connectivity index (χ2n) is 10.5. The predicted molar refractivity (Wildman–Crippen MR) is 156 cm³/mol. The van der Waals surface area contributed by atoms with Gasteiger partial charge in [-0.25, -0.2) is 4.79 Å². The van der Waals surface area contributed by atoms with Crippen LogP contribution in [-0.2, 0) is 48.2 Å². The van der Waals surface area contributed by atoms with Crippen molar-refractivity contribution in [1.82, 2.24) is 0 Å². The quantitative estimate of drug-likeness (QED) is 0.251. The van der Waals surface area contributed by atoms with Crippen molar-refractivity contribution in [3.63, 3.8) is 0 Å². The van der Waals surface area contributed by atoms with Crippen molar-refractivity contribution in [2.45, 2.75) is 56.8 Å². The number of hydrogen-bond donors (Lipinski definition) is 1. The summed E-state index contributed by atoms with van der Waals surface area (Å²) in [6.07, 6.45) is -4.73. The van der Waals surface area contributed by atoms with Crippen molar-refractivity contribution in [3.05, 3.63) is 143 Å². The molecule has 0 amide bonds. The zero-order valence-corrected chi connectivity index (χ0v) is 23.6. The lowest BCUT2D eigenvalue weighted by Crippen LogP contribution is -2.62. The highest BCUT2D eigenvalue weighted by atomic mass is 16.8. The zero-order valence-electron chi connectivity index (χ0n) is 23.6. The van der Waals surface area contributed by atoms with Gasteiger partial charge in [0.05, 0.1) is 25.4 Å². The third-order valence-electron chi connectivity index (χ3n) is 7.52. The Morgan fingerprint density at radius 1 is 0.721 bits per heavy atom. The predicted octanol–water partition coefficient (Wildman–Crippen LogP) is 5.35. The fraction of sp³-hybridized carbons (Fsp3) is 0.286. The van der Waals surface area contributed by atoms with Gasteiger partial charge in [-0.1, -0.05) is 109 Å². The van der Waals surface area contributed by atoms with Crippen LogP contribution in [0.3, 0.4) is 0 Å². The summed E-state index contributed by atoms with van der Waals surface area (Å²) in [5.41, 5.74) is 3.72. The van der Waals surface area contributed by atoms with Crippen LogP contribution in [0.25, 0.3) is 0 Å². The van der Waals surface area contributed by atoms with Gasteiger partial charge < -0.3 is 33.5 Å². The fourth-order valence-electron chi connectivity index (χ4n) is 5.26. The van der Waals surface area contributed by atoms with Gasteiger partial charge in [-0.05, 0) is 22.8 Å². The Bertz CT molecular complexity index is 1450. The number of rotatable bonds is 10. The Balaban J connectivity index is 1.15. The van der Waals surface area contributed by atoms with E-state index < -0.39 is 43.0 Å². The minimum absolute atomic E-state index is 0.00941. The van der Waals surface area contributed by atoms with E-state index in [1.807, 2.05) is 97.1 Å². The lowest BCUT2D eigenvalue weighted by Gasteiger charge is -2.47. The molecule has 0 aliphatic carbocycles. The van der Waals surface area contributed by atoms with Crippen molar-refractivity contribution in [2.75, 3.05) is 6.61 Å². The molecule has 2 heterocycles. The molecule has 2 aliphatic heterocycles. The van der Waals surface area contributed by atoms with Gasteiger partial charge in [-0.2, -0.15) is 0 Å². The lowest BCUT2D eigenvalue weighted by molar-refractivity contribution is -0.368. The van der Waals surface area contributed by atoms with E-state index in [2.05, 4.69) is 0 Å². The number of esters is 1. The fourth-order valence-corrected chi connectivity index (χ4v) is 5.26. The molecule has 0 aromatic heterocycles. The topological polar surface area (TPSA) is 92.7 Å². The molecule has 2 aliphatic rings. The Labute approximate surface area is 250 Å². The van der Waals surface area contributed by atoms with E-state index >= 15 is 0 Å².